The fourth-order valence-corrected chi connectivity index (χ4v) is 4.25. The summed E-state index contributed by atoms with van der Waals surface area (Å²) in [7, 11) is 2.11. The van der Waals surface area contributed by atoms with Gasteiger partial charge in [0.25, 0.3) is 0 Å². The third-order valence-electron chi connectivity index (χ3n) is 4.19. The minimum atomic E-state index is 0.247. The molecule has 0 saturated carbocycles. The van der Waals surface area contributed by atoms with Gasteiger partial charge in [0.1, 0.15) is 5.75 Å². The Balaban J connectivity index is 1.97. The molecule has 0 aliphatic heterocycles. The number of aliphatic imine (C=N–C) groups is 1. The molecule has 3 rings (SSSR count). The predicted molar refractivity (Wildman–Crippen MR) is 116 cm³/mol. The zero-order valence-corrected chi connectivity index (χ0v) is 16.9. The number of methoxy groups -OCH3 is 1. The third-order valence-corrected chi connectivity index (χ3v) is 5.79. The highest BCUT2D eigenvalue weighted by Crippen LogP contribution is 2.24. The smallest absolute Gasteiger partial charge is 0.188 e. The lowest BCUT2D eigenvalue weighted by molar-refractivity contribution is 0.0519. The first-order chi connectivity index (χ1) is 13.2. The predicted octanol–water partition coefficient (Wildman–Crippen LogP) is 4.75. The highest BCUT2D eigenvalue weighted by molar-refractivity contribution is 7.56. The van der Waals surface area contributed by atoms with Crippen LogP contribution in [-0.4, -0.2) is 19.6 Å². The van der Waals surface area contributed by atoms with Crippen LogP contribution in [0.5, 0.6) is 5.75 Å². The van der Waals surface area contributed by atoms with Crippen LogP contribution in [0.4, 0.5) is 5.69 Å². The molecule has 3 aromatic carbocycles. The first-order valence-corrected chi connectivity index (χ1v) is 9.87. The summed E-state index contributed by atoms with van der Waals surface area (Å²) in [6, 6.07) is 24.6. The number of ether oxygens (including phenoxy) is 2. The largest absolute Gasteiger partial charge is 0.467 e. The first-order valence-electron chi connectivity index (χ1n) is 8.87. The van der Waals surface area contributed by atoms with Gasteiger partial charge in [-0.25, -0.2) is 0 Å². The van der Waals surface area contributed by atoms with Crippen molar-refractivity contribution >= 4 is 30.6 Å². The lowest BCUT2D eigenvalue weighted by Gasteiger charge is -2.15. The van der Waals surface area contributed by atoms with E-state index in [0.717, 1.165) is 22.5 Å². The number of benzene rings is 3. The van der Waals surface area contributed by atoms with E-state index in [-0.39, 0.29) is 6.79 Å². The molecular weight excluding hydrogens is 353 g/mol. The molecule has 0 fully saturated rings. The molecule has 0 aliphatic rings. The van der Waals surface area contributed by atoms with Crippen molar-refractivity contribution in [3.63, 3.8) is 0 Å². The molecule has 3 aromatic rings. The maximum absolute atomic E-state index is 5.75. The Morgan fingerprint density at radius 2 is 1.67 bits per heavy atom. The summed E-state index contributed by atoms with van der Waals surface area (Å²) in [5.74, 6) is 0.865. The zero-order valence-electron chi connectivity index (χ0n) is 15.9. The van der Waals surface area contributed by atoms with Crippen LogP contribution in [0.3, 0.4) is 0 Å². The molecule has 0 saturated heterocycles. The summed E-state index contributed by atoms with van der Waals surface area (Å²) in [6.07, 6.45) is 0. The molecule has 0 aliphatic carbocycles. The monoisotopic (exact) mass is 377 g/mol. The summed E-state index contributed by atoms with van der Waals surface area (Å²) in [5, 5.41) is 2.46. The average molecular weight is 377 g/mol. The van der Waals surface area contributed by atoms with E-state index in [1.165, 1.54) is 16.4 Å². The van der Waals surface area contributed by atoms with Gasteiger partial charge >= 0.3 is 0 Å². The van der Waals surface area contributed by atoms with E-state index in [9.17, 15) is 0 Å². The average Bonchev–Trinajstić information content (AvgIpc) is 2.69. The van der Waals surface area contributed by atoms with Gasteiger partial charge in [-0.05, 0) is 42.9 Å². The van der Waals surface area contributed by atoms with Crippen molar-refractivity contribution in [2.24, 2.45) is 4.99 Å². The second kappa shape index (κ2) is 9.45. The Kier molecular flexibility index (Phi) is 6.75. The van der Waals surface area contributed by atoms with Crippen LogP contribution < -0.4 is 15.3 Å². The topological polar surface area (TPSA) is 30.8 Å². The summed E-state index contributed by atoms with van der Waals surface area (Å²) in [4.78, 5) is 4.81. The van der Waals surface area contributed by atoms with Crippen LogP contribution in [-0.2, 0) is 4.74 Å². The van der Waals surface area contributed by atoms with Gasteiger partial charge in [0.05, 0.1) is 5.69 Å². The number of hydrogen-bond acceptors (Lipinski definition) is 3. The highest BCUT2D eigenvalue weighted by atomic mass is 31.1. The van der Waals surface area contributed by atoms with Crippen LogP contribution in [0.25, 0.3) is 0 Å². The summed E-state index contributed by atoms with van der Waals surface area (Å²) >= 11 is 0. The zero-order chi connectivity index (χ0) is 19.1. The van der Waals surface area contributed by atoms with Gasteiger partial charge in [0, 0.05) is 23.7 Å². The highest BCUT2D eigenvalue weighted by Gasteiger charge is 2.12. The van der Waals surface area contributed by atoms with E-state index in [1.54, 1.807) is 7.11 Å². The Hall–Kier alpha value is -2.48. The van der Waals surface area contributed by atoms with Gasteiger partial charge in [0.2, 0.25) is 0 Å². The van der Waals surface area contributed by atoms with Crippen molar-refractivity contribution in [1.82, 2.24) is 0 Å². The van der Waals surface area contributed by atoms with Crippen molar-refractivity contribution in [3.8, 4) is 5.75 Å². The molecule has 0 N–H and O–H groups in total. The molecule has 3 nitrogen and oxygen atoms in total. The van der Waals surface area contributed by atoms with E-state index < -0.39 is 0 Å². The first kappa shape index (κ1) is 19.3. The Morgan fingerprint density at radius 1 is 0.926 bits per heavy atom. The van der Waals surface area contributed by atoms with E-state index in [2.05, 4.69) is 38.1 Å². The molecule has 138 valence electrons. The Morgan fingerprint density at radius 3 is 2.44 bits per heavy atom. The van der Waals surface area contributed by atoms with Crippen molar-refractivity contribution in [2.75, 3.05) is 13.9 Å². The molecule has 0 aromatic heterocycles. The quantitative estimate of drug-likeness (QED) is 0.338. The third kappa shape index (κ3) is 5.03. The minimum Gasteiger partial charge on any atom is -0.467 e. The van der Waals surface area contributed by atoms with E-state index in [0.29, 0.717) is 8.58 Å². The Labute approximate surface area is 162 Å². The maximum Gasteiger partial charge on any atom is 0.188 e. The molecule has 4 heteroatoms. The van der Waals surface area contributed by atoms with E-state index in [1.807, 2.05) is 48.5 Å². The second-order valence-electron chi connectivity index (χ2n) is 6.20. The van der Waals surface area contributed by atoms with E-state index >= 15 is 0 Å². The second-order valence-corrected chi connectivity index (χ2v) is 7.49. The molecule has 1 unspecified atom stereocenters. The minimum absolute atomic E-state index is 0.247. The van der Waals surface area contributed by atoms with Gasteiger partial charge in [-0.3, -0.25) is 4.99 Å². The lowest BCUT2D eigenvalue weighted by Crippen LogP contribution is -2.17. The number of hydrogen-bond donors (Lipinski definition) is 0. The molecule has 0 radical (unpaired) electrons. The van der Waals surface area contributed by atoms with Gasteiger partial charge in [0.15, 0.2) is 6.79 Å². The molecule has 1 atom stereocenters. The standard InChI is InChI=1S/C23H24NO2P/c1-17-10-9-13-20(18(2)24-19-11-5-4-6-12-19)23(17)27-22-15-8-7-14-21(22)26-16-25-3/h4-15,27H,16H2,1-3H3/b24-18+. The summed E-state index contributed by atoms with van der Waals surface area (Å²) < 4.78 is 10.8. The number of aryl methyl sites for hydroxylation is 1. The molecular formula is C23H24NO2P. The van der Waals surface area contributed by atoms with Crippen LogP contribution in [0.15, 0.2) is 77.8 Å². The van der Waals surface area contributed by atoms with Crippen LogP contribution in [0.1, 0.15) is 18.1 Å². The molecule has 0 heterocycles. The number of rotatable bonds is 7. The van der Waals surface area contributed by atoms with Gasteiger partial charge in [-0.2, -0.15) is 0 Å². The van der Waals surface area contributed by atoms with Crippen molar-refractivity contribution < 1.29 is 9.47 Å². The van der Waals surface area contributed by atoms with Crippen molar-refractivity contribution in [3.05, 3.63) is 83.9 Å². The molecule has 27 heavy (non-hydrogen) atoms. The van der Waals surface area contributed by atoms with Gasteiger partial charge < -0.3 is 9.47 Å². The fourth-order valence-electron chi connectivity index (χ4n) is 2.84. The molecule has 0 spiro atoms. The van der Waals surface area contributed by atoms with Crippen molar-refractivity contribution in [2.45, 2.75) is 13.8 Å². The summed E-state index contributed by atoms with van der Waals surface area (Å²) in [6.45, 7) is 4.47. The van der Waals surface area contributed by atoms with E-state index in [4.69, 9.17) is 14.5 Å². The molecule has 0 amide bonds. The van der Waals surface area contributed by atoms with Crippen molar-refractivity contribution in [1.29, 1.82) is 0 Å². The summed E-state index contributed by atoms with van der Waals surface area (Å²) in [5.41, 5.74) is 4.42. The normalized spacial score (nSPS) is 11.9. The van der Waals surface area contributed by atoms with Gasteiger partial charge in [-0.1, -0.05) is 63.2 Å². The number of para-hydroxylation sites is 2. The van der Waals surface area contributed by atoms with Crippen LogP contribution >= 0.6 is 8.58 Å². The lowest BCUT2D eigenvalue weighted by atomic mass is 10.1. The SMILES string of the molecule is COCOc1ccccc1Pc1c(C)cccc1/C(C)=N/c1ccccc1. The van der Waals surface area contributed by atoms with Gasteiger partial charge in [-0.15, -0.1) is 0 Å². The maximum atomic E-state index is 5.75. The van der Waals surface area contributed by atoms with Crippen LogP contribution in [0.2, 0.25) is 0 Å². The Bertz CT molecular complexity index is 923. The van der Waals surface area contributed by atoms with Crippen LogP contribution in [0, 0.1) is 6.92 Å². The fraction of sp³-hybridized carbons (Fsp3) is 0.174. The molecule has 0 bridgehead atoms. The number of nitrogens with zero attached hydrogens (tertiary/aromatic N) is 1.